The fraction of sp³-hybridized carbons (Fsp3) is 0.267. The minimum atomic E-state index is -0.526. The Morgan fingerprint density at radius 2 is 2.21 bits per heavy atom. The third kappa shape index (κ3) is 3.94. The molecule has 0 amide bonds. The number of nitrogens with zero attached hydrogens (tertiary/aromatic N) is 1. The van der Waals surface area contributed by atoms with Gasteiger partial charge >= 0.3 is 0 Å². The minimum Gasteiger partial charge on any atom is -0.492 e. The van der Waals surface area contributed by atoms with Gasteiger partial charge in [0.2, 0.25) is 0 Å². The summed E-state index contributed by atoms with van der Waals surface area (Å²) in [7, 11) is 0. The number of aliphatic hydroxyl groups is 1. The lowest BCUT2D eigenvalue weighted by Gasteiger charge is -2.10. The predicted molar refractivity (Wildman–Crippen MR) is 75.5 cm³/mol. The number of rotatable bonds is 5. The topological polar surface area (TPSA) is 42.4 Å². The van der Waals surface area contributed by atoms with Crippen LogP contribution in [0.2, 0.25) is 5.02 Å². The van der Waals surface area contributed by atoms with Gasteiger partial charge in [-0.2, -0.15) is 0 Å². The van der Waals surface area contributed by atoms with E-state index in [-0.39, 0.29) is 0 Å². The van der Waals surface area contributed by atoms with E-state index in [1.807, 2.05) is 24.4 Å². The fourth-order valence-electron chi connectivity index (χ4n) is 1.72. The van der Waals surface area contributed by atoms with Gasteiger partial charge in [0.15, 0.2) is 0 Å². The van der Waals surface area contributed by atoms with E-state index < -0.39 is 6.10 Å². The van der Waals surface area contributed by atoms with Crippen molar-refractivity contribution in [3.63, 3.8) is 0 Å². The highest BCUT2D eigenvalue weighted by atomic mass is 35.5. The van der Waals surface area contributed by atoms with Gasteiger partial charge in [-0.05, 0) is 36.2 Å². The summed E-state index contributed by atoms with van der Waals surface area (Å²) < 4.78 is 5.63. The average Bonchev–Trinajstić information content (AvgIpc) is 2.41. The fourth-order valence-corrected chi connectivity index (χ4v) is 1.96. The molecule has 1 N–H and O–H groups in total. The molecule has 3 nitrogen and oxygen atoms in total. The standard InChI is InChI=1S/C15H16ClNO2/c1-11(18)13-4-5-15(14(16)9-13)19-8-6-12-3-2-7-17-10-12/h2-5,7,9-11,18H,6,8H2,1H3. The van der Waals surface area contributed by atoms with Crippen molar-refractivity contribution in [1.82, 2.24) is 4.98 Å². The molecule has 0 aliphatic heterocycles. The zero-order valence-electron chi connectivity index (χ0n) is 10.7. The summed E-state index contributed by atoms with van der Waals surface area (Å²) in [4.78, 5) is 4.05. The van der Waals surface area contributed by atoms with Crippen molar-refractivity contribution in [1.29, 1.82) is 0 Å². The smallest absolute Gasteiger partial charge is 0.137 e. The van der Waals surface area contributed by atoms with Gasteiger partial charge in [-0.15, -0.1) is 0 Å². The molecule has 2 rings (SSSR count). The zero-order chi connectivity index (χ0) is 13.7. The SMILES string of the molecule is CC(O)c1ccc(OCCc2cccnc2)c(Cl)c1. The Balaban J connectivity index is 1.93. The highest BCUT2D eigenvalue weighted by Crippen LogP contribution is 2.27. The van der Waals surface area contributed by atoms with Crippen molar-refractivity contribution in [2.24, 2.45) is 0 Å². The summed E-state index contributed by atoms with van der Waals surface area (Å²) in [5, 5.41) is 9.98. The summed E-state index contributed by atoms with van der Waals surface area (Å²) in [5.41, 5.74) is 1.91. The maximum Gasteiger partial charge on any atom is 0.137 e. The van der Waals surface area contributed by atoms with E-state index in [1.165, 1.54) is 0 Å². The summed E-state index contributed by atoms with van der Waals surface area (Å²) in [6.45, 7) is 2.24. The van der Waals surface area contributed by atoms with E-state index in [9.17, 15) is 5.11 Å². The van der Waals surface area contributed by atoms with Crippen molar-refractivity contribution in [3.05, 3.63) is 58.9 Å². The van der Waals surface area contributed by atoms with Crippen LogP contribution in [-0.4, -0.2) is 16.7 Å². The van der Waals surface area contributed by atoms with Gasteiger partial charge in [0.25, 0.3) is 0 Å². The molecule has 0 aliphatic rings. The number of aliphatic hydroxyl groups excluding tert-OH is 1. The second-order valence-electron chi connectivity index (χ2n) is 4.33. The quantitative estimate of drug-likeness (QED) is 0.911. The third-order valence-electron chi connectivity index (χ3n) is 2.81. The Labute approximate surface area is 117 Å². The predicted octanol–water partition coefficient (Wildman–Crippen LogP) is 3.41. The van der Waals surface area contributed by atoms with E-state index in [2.05, 4.69) is 4.98 Å². The molecule has 2 aromatic rings. The Kier molecular flexibility index (Phi) is 4.77. The third-order valence-corrected chi connectivity index (χ3v) is 3.10. The van der Waals surface area contributed by atoms with Crippen molar-refractivity contribution < 1.29 is 9.84 Å². The lowest BCUT2D eigenvalue weighted by Crippen LogP contribution is -2.02. The van der Waals surface area contributed by atoms with Crippen molar-refractivity contribution in [3.8, 4) is 5.75 Å². The summed E-state index contributed by atoms with van der Waals surface area (Å²) in [5.74, 6) is 0.634. The van der Waals surface area contributed by atoms with Gasteiger partial charge in [-0.3, -0.25) is 4.98 Å². The van der Waals surface area contributed by atoms with Crippen molar-refractivity contribution >= 4 is 11.6 Å². The van der Waals surface area contributed by atoms with Gasteiger partial charge < -0.3 is 9.84 Å². The molecule has 0 saturated carbocycles. The number of aromatic nitrogens is 1. The molecule has 0 saturated heterocycles. The largest absolute Gasteiger partial charge is 0.492 e. The Morgan fingerprint density at radius 1 is 1.37 bits per heavy atom. The molecule has 4 heteroatoms. The average molecular weight is 278 g/mol. The molecule has 1 aromatic carbocycles. The first kappa shape index (κ1) is 13.8. The van der Waals surface area contributed by atoms with Gasteiger partial charge in [0.1, 0.15) is 5.75 Å². The maximum atomic E-state index is 9.46. The number of benzene rings is 1. The summed E-state index contributed by atoms with van der Waals surface area (Å²) in [6, 6.07) is 9.24. The van der Waals surface area contributed by atoms with Crippen molar-refractivity contribution in [2.75, 3.05) is 6.61 Å². The highest BCUT2D eigenvalue weighted by molar-refractivity contribution is 6.32. The highest BCUT2D eigenvalue weighted by Gasteiger charge is 2.06. The lowest BCUT2D eigenvalue weighted by atomic mass is 10.1. The molecule has 1 atom stereocenters. The van der Waals surface area contributed by atoms with Crippen LogP contribution in [0.15, 0.2) is 42.7 Å². The number of halogens is 1. The Morgan fingerprint density at radius 3 is 2.84 bits per heavy atom. The van der Waals surface area contributed by atoms with Crippen LogP contribution >= 0.6 is 11.6 Å². The van der Waals surface area contributed by atoms with Gasteiger partial charge in [-0.1, -0.05) is 23.7 Å². The number of pyridine rings is 1. The van der Waals surface area contributed by atoms with Crippen LogP contribution in [-0.2, 0) is 6.42 Å². The second kappa shape index (κ2) is 6.55. The maximum absolute atomic E-state index is 9.46. The molecule has 1 heterocycles. The molecule has 0 aliphatic carbocycles. The normalized spacial score (nSPS) is 12.2. The van der Waals surface area contributed by atoms with Crippen LogP contribution in [0.3, 0.4) is 0 Å². The summed E-state index contributed by atoms with van der Waals surface area (Å²) >= 11 is 6.11. The van der Waals surface area contributed by atoms with Gasteiger partial charge in [-0.25, -0.2) is 0 Å². The minimum absolute atomic E-state index is 0.518. The molecule has 0 bridgehead atoms. The zero-order valence-corrected chi connectivity index (χ0v) is 11.5. The molecule has 1 aromatic heterocycles. The lowest BCUT2D eigenvalue weighted by molar-refractivity contribution is 0.199. The molecule has 0 radical (unpaired) electrons. The molecular weight excluding hydrogens is 262 g/mol. The van der Waals surface area contributed by atoms with E-state index in [1.54, 1.807) is 25.3 Å². The Hall–Kier alpha value is -1.58. The van der Waals surface area contributed by atoms with Crippen LogP contribution in [0.4, 0.5) is 0 Å². The van der Waals surface area contributed by atoms with Crippen LogP contribution in [0.5, 0.6) is 5.75 Å². The molecular formula is C15H16ClNO2. The van der Waals surface area contributed by atoms with Gasteiger partial charge in [0, 0.05) is 18.8 Å². The first-order valence-electron chi connectivity index (χ1n) is 6.16. The number of hydrogen-bond donors (Lipinski definition) is 1. The van der Waals surface area contributed by atoms with Crippen LogP contribution in [0, 0.1) is 0 Å². The first-order valence-corrected chi connectivity index (χ1v) is 6.54. The molecule has 100 valence electrons. The Bertz CT molecular complexity index is 529. The first-order chi connectivity index (χ1) is 9.16. The van der Waals surface area contributed by atoms with E-state index in [0.29, 0.717) is 17.4 Å². The number of hydrogen-bond acceptors (Lipinski definition) is 3. The van der Waals surface area contributed by atoms with Gasteiger partial charge in [0.05, 0.1) is 17.7 Å². The summed E-state index contributed by atoms with van der Waals surface area (Å²) in [6.07, 6.45) is 3.82. The monoisotopic (exact) mass is 277 g/mol. The van der Waals surface area contributed by atoms with Crippen LogP contribution in [0.25, 0.3) is 0 Å². The molecule has 19 heavy (non-hydrogen) atoms. The molecule has 0 fully saturated rings. The van der Waals surface area contributed by atoms with E-state index in [4.69, 9.17) is 16.3 Å². The second-order valence-corrected chi connectivity index (χ2v) is 4.73. The molecule has 0 spiro atoms. The van der Waals surface area contributed by atoms with Crippen LogP contribution < -0.4 is 4.74 Å². The molecule has 1 unspecified atom stereocenters. The van der Waals surface area contributed by atoms with Crippen LogP contribution in [0.1, 0.15) is 24.2 Å². The van der Waals surface area contributed by atoms with E-state index in [0.717, 1.165) is 17.5 Å². The number of ether oxygens (including phenoxy) is 1. The van der Waals surface area contributed by atoms with Crippen molar-refractivity contribution in [2.45, 2.75) is 19.4 Å². The van der Waals surface area contributed by atoms with E-state index >= 15 is 0 Å².